The monoisotopic (exact) mass is 421 g/mol. The summed E-state index contributed by atoms with van der Waals surface area (Å²) in [6, 6.07) is 20.8. The van der Waals surface area contributed by atoms with Crippen molar-refractivity contribution in [2.24, 2.45) is 0 Å². The van der Waals surface area contributed by atoms with Crippen LogP contribution in [-0.4, -0.2) is 48.1 Å². The molecule has 1 saturated heterocycles. The van der Waals surface area contributed by atoms with E-state index in [1.165, 1.54) is 11.4 Å². The molecule has 1 fully saturated rings. The molecule has 0 amide bonds. The van der Waals surface area contributed by atoms with Gasteiger partial charge in [-0.05, 0) is 42.5 Å². The lowest BCUT2D eigenvalue weighted by atomic mass is 10.2. The predicted octanol–water partition coefficient (Wildman–Crippen LogP) is 4.18. The summed E-state index contributed by atoms with van der Waals surface area (Å²) in [7, 11) is 1.67. The molecule has 0 bridgehead atoms. The van der Waals surface area contributed by atoms with Crippen LogP contribution in [0, 0.1) is 0 Å². The first-order valence-electron chi connectivity index (χ1n) is 9.85. The van der Waals surface area contributed by atoms with Crippen LogP contribution in [0.25, 0.3) is 16.6 Å². The van der Waals surface area contributed by atoms with Crippen LogP contribution < -0.4 is 14.5 Å². The Labute approximate surface area is 182 Å². The fraction of sp³-hybridized carbons (Fsp3) is 0.217. The highest BCUT2D eigenvalue weighted by atomic mass is 35.5. The molecule has 0 saturated carbocycles. The molecule has 0 atom stereocenters. The molecule has 0 spiro atoms. The topological polar surface area (TPSA) is 46.4 Å². The molecular weight excluding hydrogens is 398 g/mol. The van der Waals surface area contributed by atoms with Crippen molar-refractivity contribution in [1.29, 1.82) is 0 Å². The van der Waals surface area contributed by atoms with Gasteiger partial charge >= 0.3 is 0 Å². The van der Waals surface area contributed by atoms with E-state index in [4.69, 9.17) is 4.74 Å². The zero-order valence-corrected chi connectivity index (χ0v) is 17.6. The van der Waals surface area contributed by atoms with Gasteiger partial charge < -0.3 is 14.5 Å². The van der Waals surface area contributed by atoms with Crippen LogP contribution in [0.15, 0.2) is 73.1 Å². The van der Waals surface area contributed by atoms with Crippen molar-refractivity contribution in [2.75, 3.05) is 43.1 Å². The molecule has 1 aliphatic heterocycles. The normalized spacial score (nSPS) is 13.9. The highest BCUT2D eigenvalue weighted by Crippen LogP contribution is 2.31. The van der Waals surface area contributed by atoms with Gasteiger partial charge in [0, 0.05) is 49.9 Å². The van der Waals surface area contributed by atoms with Gasteiger partial charge in [-0.2, -0.15) is 0 Å². The van der Waals surface area contributed by atoms with E-state index in [0.717, 1.165) is 42.8 Å². The summed E-state index contributed by atoms with van der Waals surface area (Å²) in [6.45, 7) is 3.93. The van der Waals surface area contributed by atoms with Crippen molar-refractivity contribution < 1.29 is 4.74 Å². The maximum atomic E-state index is 5.52. The summed E-state index contributed by atoms with van der Waals surface area (Å²) in [5, 5.41) is 5.70. The number of piperazine rings is 1. The van der Waals surface area contributed by atoms with Gasteiger partial charge in [0.05, 0.1) is 23.7 Å². The number of anilines is 2. The molecule has 7 heteroatoms. The maximum Gasteiger partial charge on any atom is 0.240 e. The van der Waals surface area contributed by atoms with Crippen LogP contribution in [0.1, 0.15) is 0 Å². The minimum Gasteiger partial charge on any atom is -0.479 e. The van der Waals surface area contributed by atoms with Crippen LogP contribution >= 0.6 is 12.4 Å². The zero-order valence-electron chi connectivity index (χ0n) is 16.8. The van der Waals surface area contributed by atoms with Crippen molar-refractivity contribution >= 4 is 34.7 Å². The molecule has 3 heterocycles. The first-order chi connectivity index (χ1) is 14.3. The number of pyridine rings is 1. The number of fused-ring (bicyclic) bond motifs is 1. The number of ether oxygens (including phenoxy) is 1. The van der Waals surface area contributed by atoms with Gasteiger partial charge in [-0.25, -0.2) is 4.68 Å². The number of aromatic nitrogens is 3. The van der Waals surface area contributed by atoms with Crippen LogP contribution in [-0.2, 0) is 0 Å². The van der Waals surface area contributed by atoms with Gasteiger partial charge in [0.25, 0.3) is 0 Å². The second-order valence-electron chi connectivity index (χ2n) is 7.14. The van der Waals surface area contributed by atoms with Crippen LogP contribution in [0.2, 0.25) is 0 Å². The van der Waals surface area contributed by atoms with Crippen molar-refractivity contribution in [2.45, 2.75) is 0 Å². The van der Waals surface area contributed by atoms with E-state index in [9.17, 15) is 0 Å². The third kappa shape index (κ3) is 3.66. The zero-order chi connectivity index (χ0) is 19.6. The summed E-state index contributed by atoms with van der Waals surface area (Å²) >= 11 is 0. The summed E-state index contributed by atoms with van der Waals surface area (Å²) in [5.74, 6) is 0.651. The number of benzene rings is 2. The van der Waals surface area contributed by atoms with E-state index >= 15 is 0 Å². The lowest BCUT2D eigenvalue weighted by molar-refractivity contribution is 0.398. The lowest BCUT2D eigenvalue weighted by Gasteiger charge is -2.37. The van der Waals surface area contributed by atoms with Crippen molar-refractivity contribution in [3.63, 3.8) is 0 Å². The number of rotatable bonds is 4. The smallest absolute Gasteiger partial charge is 0.240 e. The highest BCUT2D eigenvalue weighted by molar-refractivity contribution is 5.89. The summed E-state index contributed by atoms with van der Waals surface area (Å²) in [5.41, 5.74) is 4.54. The molecule has 5 rings (SSSR count). The summed E-state index contributed by atoms with van der Waals surface area (Å²) < 4.78 is 7.48. The first-order valence-corrected chi connectivity index (χ1v) is 9.85. The fourth-order valence-corrected chi connectivity index (χ4v) is 3.97. The number of nitrogens with zero attached hydrogens (tertiary/aromatic N) is 5. The van der Waals surface area contributed by atoms with E-state index in [2.05, 4.69) is 62.3 Å². The molecule has 0 N–H and O–H groups in total. The van der Waals surface area contributed by atoms with E-state index in [0.29, 0.717) is 5.88 Å². The Hall–Kier alpha value is -3.25. The van der Waals surface area contributed by atoms with Crippen molar-refractivity contribution in [1.82, 2.24) is 14.8 Å². The second-order valence-corrected chi connectivity index (χ2v) is 7.14. The average molecular weight is 422 g/mol. The largest absolute Gasteiger partial charge is 0.479 e. The number of methoxy groups -OCH3 is 1. The molecule has 0 aliphatic carbocycles. The molecule has 0 unspecified atom stereocenters. The molecule has 30 heavy (non-hydrogen) atoms. The Morgan fingerprint density at radius 1 is 0.767 bits per heavy atom. The minimum absolute atomic E-state index is 0. The first kappa shape index (κ1) is 20.0. The van der Waals surface area contributed by atoms with Crippen LogP contribution in [0.3, 0.4) is 0 Å². The predicted molar refractivity (Wildman–Crippen MR) is 124 cm³/mol. The Bertz CT molecular complexity index is 1110. The number of para-hydroxylation sites is 1. The lowest BCUT2D eigenvalue weighted by Crippen LogP contribution is -2.46. The van der Waals surface area contributed by atoms with E-state index in [-0.39, 0.29) is 12.4 Å². The average Bonchev–Trinajstić information content (AvgIpc) is 3.18. The number of hydrogen-bond donors (Lipinski definition) is 0. The molecule has 2 aromatic carbocycles. The molecule has 154 valence electrons. The fourth-order valence-electron chi connectivity index (χ4n) is 3.97. The van der Waals surface area contributed by atoms with E-state index < -0.39 is 0 Å². The van der Waals surface area contributed by atoms with E-state index in [1.807, 2.05) is 35.3 Å². The van der Waals surface area contributed by atoms with Crippen LogP contribution in [0.4, 0.5) is 11.4 Å². The Balaban J connectivity index is 0.00000218. The molecule has 4 aromatic rings. The minimum atomic E-state index is 0. The Morgan fingerprint density at radius 3 is 2.10 bits per heavy atom. The highest BCUT2D eigenvalue weighted by Gasteiger charge is 2.19. The molecule has 1 aliphatic rings. The van der Waals surface area contributed by atoms with Gasteiger partial charge in [-0.3, -0.25) is 4.98 Å². The summed E-state index contributed by atoms with van der Waals surface area (Å²) in [4.78, 5) is 8.97. The van der Waals surface area contributed by atoms with E-state index in [1.54, 1.807) is 7.11 Å². The summed E-state index contributed by atoms with van der Waals surface area (Å²) in [6.07, 6.45) is 3.71. The molecule has 6 nitrogen and oxygen atoms in total. The van der Waals surface area contributed by atoms with Gasteiger partial charge in [0.15, 0.2) is 0 Å². The SMILES string of the molecule is COc1nn(-c2ccccc2)c2cc(N3CCN(c4ccncc4)CC3)ccc12.Cl. The Morgan fingerprint density at radius 2 is 1.43 bits per heavy atom. The second kappa shape index (κ2) is 8.63. The molecule has 0 radical (unpaired) electrons. The number of hydrogen-bond acceptors (Lipinski definition) is 5. The maximum absolute atomic E-state index is 5.52. The third-order valence-corrected chi connectivity index (χ3v) is 5.50. The van der Waals surface area contributed by atoms with Crippen molar-refractivity contribution in [3.05, 3.63) is 73.1 Å². The Kier molecular flexibility index (Phi) is 5.77. The quantitative estimate of drug-likeness (QED) is 0.494. The standard InChI is InChI=1S/C23H23N5O.ClH/c1-29-23-21-8-7-20(17-22(21)28(25-23)19-5-3-2-4-6-19)27-15-13-26(14-16-27)18-9-11-24-12-10-18;/h2-12,17H,13-16H2,1H3;1H. The van der Waals surface area contributed by atoms with Crippen molar-refractivity contribution in [3.8, 4) is 11.6 Å². The molecule has 2 aromatic heterocycles. The van der Waals surface area contributed by atoms with Crippen LogP contribution in [0.5, 0.6) is 5.88 Å². The number of halogens is 1. The van der Waals surface area contributed by atoms with Gasteiger partial charge in [0.2, 0.25) is 5.88 Å². The molecular formula is C23H24ClN5O. The third-order valence-electron chi connectivity index (χ3n) is 5.50. The van der Waals surface area contributed by atoms with Gasteiger partial charge in [-0.1, -0.05) is 18.2 Å². The van der Waals surface area contributed by atoms with Gasteiger partial charge in [-0.15, -0.1) is 17.5 Å². The van der Waals surface area contributed by atoms with Gasteiger partial charge in [0.1, 0.15) is 0 Å².